The molecule has 1 heterocycles. The Hall–Kier alpha value is -1.21. The van der Waals surface area contributed by atoms with Gasteiger partial charge in [-0.15, -0.1) is 11.3 Å². The van der Waals surface area contributed by atoms with Gasteiger partial charge in [-0.2, -0.15) is 0 Å². The molecule has 0 unspecified atom stereocenters. The second-order valence-corrected chi connectivity index (χ2v) is 6.26. The SMILES string of the molecule is C=C(C)N(C)S(=O)(=O)c1scc(N)c1OC. The highest BCUT2D eigenvalue weighted by Crippen LogP contribution is 2.38. The lowest BCUT2D eigenvalue weighted by Gasteiger charge is -2.18. The van der Waals surface area contributed by atoms with Crippen LogP contribution in [0.15, 0.2) is 21.9 Å². The van der Waals surface area contributed by atoms with E-state index in [1.165, 1.54) is 19.5 Å². The molecular formula is C9H14N2O3S2. The molecule has 1 rings (SSSR count). The van der Waals surface area contributed by atoms with Gasteiger partial charge >= 0.3 is 0 Å². The molecule has 0 radical (unpaired) electrons. The zero-order chi connectivity index (χ0) is 12.5. The van der Waals surface area contributed by atoms with Gasteiger partial charge < -0.3 is 10.5 Å². The predicted octanol–water partition coefficient (Wildman–Crippen LogP) is 1.49. The van der Waals surface area contributed by atoms with Crippen molar-refractivity contribution < 1.29 is 13.2 Å². The molecule has 0 aliphatic carbocycles. The Balaban J connectivity index is 3.33. The Morgan fingerprint density at radius 2 is 2.19 bits per heavy atom. The van der Waals surface area contributed by atoms with Crippen molar-refractivity contribution >= 4 is 27.0 Å². The Morgan fingerprint density at radius 1 is 1.62 bits per heavy atom. The van der Waals surface area contributed by atoms with Crippen LogP contribution in [0.5, 0.6) is 5.75 Å². The normalized spacial score (nSPS) is 11.2. The summed E-state index contributed by atoms with van der Waals surface area (Å²) in [5.41, 5.74) is 6.35. The van der Waals surface area contributed by atoms with Crippen molar-refractivity contribution in [2.24, 2.45) is 0 Å². The largest absolute Gasteiger partial charge is 0.492 e. The van der Waals surface area contributed by atoms with Gasteiger partial charge in [0.25, 0.3) is 10.0 Å². The average Bonchev–Trinajstić information content (AvgIpc) is 2.58. The summed E-state index contributed by atoms with van der Waals surface area (Å²) < 4.78 is 30.4. The van der Waals surface area contributed by atoms with Crippen molar-refractivity contribution in [2.45, 2.75) is 11.1 Å². The molecule has 0 aliphatic rings. The molecule has 90 valence electrons. The second kappa shape index (κ2) is 4.34. The number of rotatable bonds is 4. The minimum absolute atomic E-state index is 0.0954. The molecule has 0 aromatic carbocycles. The molecule has 0 saturated heterocycles. The van der Waals surface area contributed by atoms with Crippen LogP contribution in [0.3, 0.4) is 0 Å². The van der Waals surface area contributed by atoms with Crippen LogP contribution in [0.1, 0.15) is 6.92 Å². The minimum atomic E-state index is -3.61. The maximum atomic E-state index is 12.1. The quantitative estimate of drug-likeness (QED) is 0.892. The lowest BCUT2D eigenvalue weighted by molar-refractivity contribution is 0.407. The molecule has 0 saturated carbocycles. The highest BCUT2D eigenvalue weighted by atomic mass is 32.2. The highest BCUT2D eigenvalue weighted by molar-refractivity contribution is 7.91. The number of allylic oxidation sites excluding steroid dienone is 1. The number of nitrogens with two attached hydrogens (primary N) is 1. The Morgan fingerprint density at radius 3 is 2.62 bits per heavy atom. The van der Waals surface area contributed by atoms with E-state index in [0.29, 0.717) is 11.4 Å². The van der Waals surface area contributed by atoms with Gasteiger partial charge in [-0.05, 0) is 6.92 Å². The Labute approximate surface area is 99.2 Å². The van der Waals surface area contributed by atoms with Gasteiger partial charge in [0.1, 0.15) is 0 Å². The van der Waals surface area contributed by atoms with Gasteiger partial charge in [0.15, 0.2) is 9.96 Å². The highest BCUT2D eigenvalue weighted by Gasteiger charge is 2.27. The summed E-state index contributed by atoms with van der Waals surface area (Å²) >= 11 is 1.03. The summed E-state index contributed by atoms with van der Waals surface area (Å²) in [6, 6.07) is 0. The number of nitrogens with zero attached hydrogens (tertiary/aromatic N) is 1. The first kappa shape index (κ1) is 12.9. The number of nitrogen functional groups attached to an aromatic ring is 1. The van der Waals surface area contributed by atoms with Crippen LogP contribution >= 0.6 is 11.3 Å². The van der Waals surface area contributed by atoms with E-state index in [1.807, 2.05) is 0 Å². The summed E-state index contributed by atoms with van der Waals surface area (Å²) in [4.78, 5) is 0. The van der Waals surface area contributed by atoms with Crippen LogP contribution in [0.4, 0.5) is 5.69 Å². The zero-order valence-corrected chi connectivity index (χ0v) is 11.0. The topological polar surface area (TPSA) is 72.6 Å². The lowest BCUT2D eigenvalue weighted by Crippen LogP contribution is -2.24. The van der Waals surface area contributed by atoms with E-state index in [1.54, 1.807) is 6.92 Å². The second-order valence-electron chi connectivity index (χ2n) is 3.22. The predicted molar refractivity (Wildman–Crippen MR) is 65.0 cm³/mol. The lowest BCUT2D eigenvalue weighted by atomic mass is 10.5. The summed E-state index contributed by atoms with van der Waals surface area (Å²) in [7, 11) is -0.788. The molecule has 1 aromatic heterocycles. The van der Waals surface area contributed by atoms with E-state index in [9.17, 15) is 8.42 Å². The molecule has 0 spiro atoms. The van der Waals surface area contributed by atoms with Crippen molar-refractivity contribution in [3.63, 3.8) is 0 Å². The molecule has 2 N–H and O–H groups in total. The molecule has 0 aliphatic heterocycles. The van der Waals surface area contributed by atoms with Crippen LogP contribution in [0.2, 0.25) is 0 Å². The molecule has 0 bridgehead atoms. The van der Waals surface area contributed by atoms with E-state index < -0.39 is 10.0 Å². The third-order valence-electron chi connectivity index (χ3n) is 2.08. The minimum Gasteiger partial charge on any atom is -0.492 e. The molecule has 0 amide bonds. The van der Waals surface area contributed by atoms with E-state index >= 15 is 0 Å². The van der Waals surface area contributed by atoms with Gasteiger partial charge in [-0.1, -0.05) is 6.58 Å². The van der Waals surface area contributed by atoms with E-state index in [2.05, 4.69) is 6.58 Å². The zero-order valence-electron chi connectivity index (χ0n) is 9.35. The number of hydrogen-bond acceptors (Lipinski definition) is 5. The average molecular weight is 262 g/mol. The van der Waals surface area contributed by atoms with Crippen LogP contribution in [0, 0.1) is 0 Å². The van der Waals surface area contributed by atoms with E-state index in [0.717, 1.165) is 15.6 Å². The first-order chi connectivity index (χ1) is 7.32. The monoisotopic (exact) mass is 262 g/mol. The smallest absolute Gasteiger partial charge is 0.277 e. The summed E-state index contributed by atoms with van der Waals surface area (Å²) in [6.45, 7) is 5.20. The number of thiophene rings is 1. The molecule has 7 heteroatoms. The maximum absolute atomic E-state index is 12.1. The van der Waals surface area contributed by atoms with Crippen molar-refractivity contribution in [2.75, 3.05) is 19.9 Å². The van der Waals surface area contributed by atoms with Crippen LogP contribution < -0.4 is 10.5 Å². The third-order valence-corrected chi connectivity index (χ3v) is 5.46. The summed E-state index contributed by atoms with van der Waals surface area (Å²) in [5, 5.41) is 1.54. The van der Waals surface area contributed by atoms with E-state index in [-0.39, 0.29) is 9.96 Å². The fraction of sp³-hybridized carbons (Fsp3) is 0.333. The van der Waals surface area contributed by atoms with Crippen molar-refractivity contribution in [1.82, 2.24) is 4.31 Å². The van der Waals surface area contributed by atoms with Crippen LogP contribution in [0.25, 0.3) is 0 Å². The van der Waals surface area contributed by atoms with Gasteiger partial charge in [-0.25, -0.2) is 8.42 Å². The number of ether oxygens (including phenoxy) is 1. The van der Waals surface area contributed by atoms with Gasteiger partial charge in [-0.3, -0.25) is 4.31 Å². The summed E-state index contributed by atoms with van der Waals surface area (Å²) in [5.74, 6) is 0.193. The fourth-order valence-corrected chi connectivity index (χ4v) is 3.76. The number of sulfonamides is 1. The van der Waals surface area contributed by atoms with Gasteiger partial charge in [0.2, 0.25) is 0 Å². The molecule has 5 nitrogen and oxygen atoms in total. The maximum Gasteiger partial charge on any atom is 0.277 e. The Bertz CT molecular complexity index is 505. The number of methoxy groups -OCH3 is 1. The number of anilines is 1. The van der Waals surface area contributed by atoms with E-state index in [4.69, 9.17) is 10.5 Å². The first-order valence-electron chi connectivity index (χ1n) is 4.37. The summed E-state index contributed by atoms with van der Waals surface area (Å²) in [6.07, 6.45) is 0. The molecular weight excluding hydrogens is 248 g/mol. The molecule has 0 atom stereocenters. The van der Waals surface area contributed by atoms with Gasteiger partial charge in [0.05, 0.1) is 12.8 Å². The van der Waals surface area contributed by atoms with Crippen LogP contribution in [-0.2, 0) is 10.0 Å². The molecule has 16 heavy (non-hydrogen) atoms. The van der Waals surface area contributed by atoms with Gasteiger partial charge in [0, 0.05) is 18.1 Å². The van der Waals surface area contributed by atoms with Crippen molar-refractivity contribution in [3.8, 4) is 5.75 Å². The standard InChI is InChI=1S/C9H14N2O3S2/c1-6(2)11(3)16(12,13)9-8(14-4)7(10)5-15-9/h5H,1,10H2,2-4H3. The Kier molecular flexibility index (Phi) is 3.49. The third kappa shape index (κ3) is 2.00. The fourth-order valence-electron chi connectivity index (χ4n) is 1.05. The molecule has 0 fully saturated rings. The first-order valence-corrected chi connectivity index (χ1v) is 6.69. The number of hydrogen-bond donors (Lipinski definition) is 1. The van der Waals surface area contributed by atoms with Crippen LogP contribution in [-0.4, -0.2) is 26.9 Å². The van der Waals surface area contributed by atoms with Crippen molar-refractivity contribution in [1.29, 1.82) is 0 Å². The van der Waals surface area contributed by atoms with Crippen molar-refractivity contribution in [3.05, 3.63) is 17.7 Å². The molecule has 1 aromatic rings.